The maximum atomic E-state index is 11.2. The van der Waals surface area contributed by atoms with Crippen LogP contribution in [0.15, 0.2) is 25.2 Å². The van der Waals surface area contributed by atoms with Crippen LogP contribution in [0.2, 0.25) is 0 Å². The Bertz CT molecular complexity index is 339. The van der Waals surface area contributed by atoms with Crippen molar-refractivity contribution in [2.75, 3.05) is 40.5 Å². The summed E-state index contributed by atoms with van der Waals surface area (Å²) in [6, 6.07) is 0. The lowest BCUT2D eigenvalue weighted by Crippen LogP contribution is -2.14. The van der Waals surface area contributed by atoms with Gasteiger partial charge in [0.25, 0.3) is 0 Å². The predicted octanol–water partition coefficient (Wildman–Crippen LogP) is 0.731. The van der Waals surface area contributed by atoms with Gasteiger partial charge in [-0.25, -0.2) is 4.79 Å². The van der Waals surface area contributed by atoms with Crippen molar-refractivity contribution in [3.8, 4) is 0 Å². The number of rotatable bonds is 13. The first-order valence-corrected chi connectivity index (χ1v) is 6.05. The molecule has 0 unspecified atom stereocenters. The molecule has 0 radical (unpaired) electrons. The molecule has 0 amide bonds. The molecule has 0 aromatic carbocycles. The van der Waals surface area contributed by atoms with Crippen LogP contribution in [0.4, 0.5) is 0 Å². The molecule has 21 heavy (non-hydrogen) atoms. The minimum absolute atomic E-state index is 0.0528. The SMILES string of the molecule is C=COCOCCOC(=O)CCOCOC(=C)C(=O)OC. The molecule has 0 fully saturated rings. The van der Waals surface area contributed by atoms with Crippen molar-refractivity contribution in [2.24, 2.45) is 0 Å². The van der Waals surface area contributed by atoms with Crippen LogP contribution >= 0.6 is 0 Å². The smallest absolute Gasteiger partial charge is 0.372 e. The van der Waals surface area contributed by atoms with Gasteiger partial charge in [-0.1, -0.05) is 6.58 Å². The van der Waals surface area contributed by atoms with Crippen LogP contribution in [0.25, 0.3) is 0 Å². The predicted molar refractivity (Wildman–Crippen MR) is 70.7 cm³/mol. The summed E-state index contributed by atoms with van der Waals surface area (Å²) in [5.74, 6) is -1.28. The molecule has 0 rings (SSSR count). The molecule has 0 bridgehead atoms. The fraction of sp³-hybridized carbons (Fsp3) is 0.538. The lowest BCUT2D eigenvalue weighted by molar-refractivity contribution is -0.150. The fourth-order valence-electron chi connectivity index (χ4n) is 0.942. The van der Waals surface area contributed by atoms with Crippen LogP contribution in [0, 0.1) is 0 Å². The van der Waals surface area contributed by atoms with Gasteiger partial charge < -0.3 is 28.4 Å². The molecule has 8 heteroatoms. The molecule has 0 N–H and O–H groups in total. The summed E-state index contributed by atoms with van der Waals surface area (Å²) in [5, 5.41) is 0. The van der Waals surface area contributed by atoms with Crippen LogP contribution in [0.5, 0.6) is 0 Å². The van der Waals surface area contributed by atoms with Crippen LogP contribution in [-0.2, 0) is 38.0 Å². The van der Waals surface area contributed by atoms with Gasteiger partial charge in [-0.3, -0.25) is 4.79 Å². The van der Waals surface area contributed by atoms with Crippen molar-refractivity contribution >= 4 is 11.9 Å². The van der Waals surface area contributed by atoms with Crippen molar-refractivity contribution in [1.29, 1.82) is 0 Å². The first kappa shape index (κ1) is 18.9. The van der Waals surface area contributed by atoms with E-state index in [-0.39, 0.29) is 45.6 Å². The van der Waals surface area contributed by atoms with Gasteiger partial charge in [-0.15, -0.1) is 0 Å². The molecule has 0 aliphatic rings. The number of ether oxygens (including phenoxy) is 6. The van der Waals surface area contributed by atoms with E-state index in [4.69, 9.17) is 23.7 Å². The molecule has 0 aliphatic carbocycles. The third-order valence-electron chi connectivity index (χ3n) is 1.94. The van der Waals surface area contributed by atoms with Crippen LogP contribution in [0.1, 0.15) is 6.42 Å². The fourth-order valence-corrected chi connectivity index (χ4v) is 0.942. The minimum atomic E-state index is -0.682. The third kappa shape index (κ3) is 11.5. The van der Waals surface area contributed by atoms with Crippen LogP contribution in [-0.4, -0.2) is 52.5 Å². The van der Waals surface area contributed by atoms with Crippen LogP contribution in [0.3, 0.4) is 0 Å². The van der Waals surface area contributed by atoms with E-state index in [1.54, 1.807) is 0 Å². The first-order valence-electron chi connectivity index (χ1n) is 6.05. The standard InChI is InChI=1S/C13H20O8/c1-4-17-9-19-7-8-20-12(14)5-6-18-10-21-11(2)13(15)16-3/h4H,1-2,5-10H2,3H3. The maximum absolute atomic E-state index is 11.2. The number of hydrogen-bond donors (Lipinski definition) is 0. The van der Waals surface area contributed by atoms with Crippen molar-refractivity contribution in [2.45, 2.75) is 6.42 Å². The largest absolute Gasteiger partial charge is 0.476 e. The molecule has 0 aliphatic heterocycles. The van der Waals surface area contributed by atoms with E-state index >= 15 is 0 Å². The second-order valence-corrected chi connectivity index (χ2v) is 3.42. The summed E-state index contributed by atoms with van der Waals surface area (Å²) < 4.78 is 28.7. The topological polar surface area (TPSA) is 89.5 Å². The number of hydrogen-bond acceptors (Lipinski definition) is 8. The number of carbonyl (C=O) groups excluding carboxylic acids is 2. The van der Waals surface area contributed by atoms with E-state index in [1.165, 1.54) is 13.4 Å². The molecule has 0 spiro atoms. The highest BCUT2D eigenvalue weighted by atomic mass is 16.7. The van der Waals surface area contributed by atoms with Gasteiger partial charge in [-0.2, -0.15) is 0 Å². The highest BCUT2D eigenvalue weighted by Crippen LogP contribution is 1.97. The summed E-state index contributed by atoms with van der Waals surface area (Å²) in [6.07, 6.45) is 1.30. The zero-order valence-corrected chi connectivity index (χ0v) is 12.0. The number of carbonyl (C=O) groups is 2. The molecular weight excluding hydrogens is 284 g/mol. The van der Waals surface area contributed by atoms with E-state index in [9.17, 15) is 9.59 Å². The Balaban J connectivity index is 3.39. The molecule has 0 atom stereocenters. The third-order valence-corrected chi connectivity index (χ3v) is 1.94. The highest BCUT2D eigenvalue weighted by Gasteiger charge is 2.07. The highest BCUT2D eigenvalue weighted by molar-refractivity contribution is 5.85. The summed E-state index contributed by atoms with van der Waals surface area (Å²) in [5.41, 5.74) is 0. The summed E-state index contributed by atoms with van der Waals surface area (Å²) in [6.45, 7) is 6.96. The van der Waals surface area contributed by atoms with Gasteiger partial charge in [-0.05, 0) is 6.58 Å². The van der Waals surface area contributed by atoms with Gasteiger partial charge in [0.2, 0.25) is 0 Å². The van der Waals surface area contributed by atoms with Gasteiger partial charge >= 0.3 is 11.9 Å². The molecule has 0 saturated carbocycles. The van der Waals surface area contributed by atoms with Crippen molar-refractivity contribution in [1.82, 2.24) is 0 Å². The monoisotopic (exact) mass is 304 g/mol. The van der Waals surface area contributed by atoms with Gasteiger partial charge in [0.15, 0.2) is 19.3 Å². The Morgan fingerprint density at radius 2 is 1.76 bits per heavy atom. The lowest BCUT2D eigenvalue weighted by Gasteiger charge is -2.08. The average Bonchev–Trinajstić information content (AvgIpc) is 2.49. The summed E-state index contributed by atoms with van der Waals surface area (Å²) in [7, 11) is 1.21. The molecule has 0 aromatic heterocycles. The molecular formula is C13H20O8. The van der Waals surface area contributed by atoms with Gasteiger partial charge in [0.05, 0.1) is 33.0 Å². The van der Waals surface area contributed by atoms with Crippen molar-refractivity contribution in [3.63, 3.8) is 0 Å². The van der Waals surface area contributed by atoms with Gasteiger partial charge in [0, 0.05) is 0 Å². The molecule has 0 heterocycles. The lowest BCUT2D eigenvalue weighted by atomic mass is 10.5. The zero-order valence-electron chi connectivity index (χ0n) is 12.0. The zero-order chi connectivity index (χ0) is 15.9. The minimum Gasteiger partial charge on any atom is -0.476 e. The first-order chi connectivity index (χ1) is 10.1. The maximum Gasteiger partial charge on any atom is 0.372 e. The Hall–Kier alpha value is -2.06. The van der Waals surface area contributed by atoms with Gasteiger partial charge in [0.1, 0.15) is 6.61 Å². The second-order valence-electron chi connectivity index (χ2n) is 3.42. The molecule has 0 saturated heterocycles. The summed E-state index contributed by atoms with van der Waals surface area (Å²) >= 11 is 0. The van der Waals surface area contributed by atoms with E-state index < -0.39 is 11.9 Å². The average molecular weight is 304 g/mol. The van der Waals surface area contributed by atoms with Crippen molar-refractivity contribution < 1.29 is 38.0 Å². The Kier molecular flexibility index (Phi) is 11.7. The van der Waals surface area contributed by atoms with Crippen LogP contribution < -0.4 is 0 Å². The quantitative estimate of drug-likeness (QED) is 0.162. The molecule has 8 nitrogen and oxygen atoms in total. The number of methoxy groups -OCH3 is 1. The second kappa shape index (κ2) is 12.9. The Labute approximate surface area is 123 Å². The van der Waals surface area contributed by atoms with E-state index in [1.807, 2.05) is 0 Å². The normalized spacial score (nSPS) is 9.57. The van der Waals surface area contributed by atoms with E-state index in [2.05, 4.69) is 17.9 Å². The Morgan fingerprint density at radius 3 is 2.43 bits per heavy atom. The number of esters is 2. The summed E-state index contributed by atoms with van der Waals surface area (Å²) in [4.78, 5) is 22.1. The molecule has 120 valence electrons. The van der Waals surface area contributed by atoms with E-state index in [0.29, 0.717) is 0 Å². The van der Waals surface area contributed by atoms with E-state index in [0.717, 1.165) is 0 Å². The molecule has 0 aromatic rings. The Morgan fingerprint density at radius 1 is 1.05 bits per heavy atom. The van der Waals surface area contributed by atoms with Crippen molar-refractivity contribution in [3.05, 3.63) is 25.2 Å².